The van der Waals surface area contributed by atoms with Crippen LogP contribution in [-0.4, -0.2) is 36.6 Å². The smallest absolute Gasteiger partial charge is 0.246 e. The summed E-state index contributed by atoms with van der Waals surface area (Å²) in [5.74, 6) is -0.989. The maximum atomic E-state index is 11.4. The van der Waals surface area contributed by atoms with Crippen molar-refractivity contribution in [2.75, 3.05) is 13.7 Å². The van der Waals surface area contributed by atoms with Crippen LogP contribution in [0.25, 0.3) is 0 Å². The van der Waals surface area contributed by atoms with E-state index in [-0.39, 0.29) is 18.9 Å². The Bertz CT molecular complexity index is 439. The Morgan fingerprint density at radius 1 is 1.61 bits per heavy atom. The maximum Gasteiger partial charge on any atom is 0.246 e. The number of nitrogens with one attached hydrogen (secondary N) is 1. The van der Waals surface area contributed by atoms with Crippen molar-refractivity contribution in [3.05, 3.63) is 28.5 Å². The lowest BCUT2D eigenvalue weighted by molar-refractivity contribution is -0.129. The SMILES string of the molecule is COCC(=O)N[C@@H](Cc1cccnc1Br)C(N)=O. The number of primary amides is 1. The Morgan fingerprint density at radius 2 is 2.33 bits per heavy atom. The zero-order valence-electron chi connectivity index (χ0n) is 9.85. The van der Waals surface area contributed by atoms with E-state index in [0.29, 0.717) is 4.60 Å². The van der Waals surface area contributed by atoms with Gasteiger partial charge in [-0.25, -0.2) is 4.98 Å². The summed E-state index contributed by atoms with van der Waals surface area (Å²) < 4.78 is 5.29. The molecule has 0 bridgehead atoms. The third-order valence-corrected chi connectivity index (χ3v) is 2.93. The molecule has 0 spiro atoms. The average molecular weight is 316 g/mol. The van der Waals surface area contributed by atoms with Crippen LogP contribution in [0.4, 0.5) is 0 Å². The van der Waals surface area contributed by atoms with E-state index in [0.717, 1.165) is 5.56 Å². The van der Waals surface area contributed by atoms with Crippen molar-refractivity contribution in [2.45, 2.75) is 12.5 Å². The monoisotopic (exact) mass is 315 g/mol. The summed E-state index contributed by atoms with van der Waals surface area (Å²) in [5.41, 5.74) is 6.04. The number of carbonyl (C=O) groups excluding carboxylic acids is 2. The molecule has 0 radical (unpaired) electrons. The molecule has 0 fully saturated rings. The van der Waals surface area contributed by atoms with Gasteiger partial charge >= 0.3 is 0 Å². The molecule has 0 aliphatic heterocycles. The molecule has 1 rings (SSSR count). The molecule has 1 aromatic rings. The number of carbonyl (C=O) groups is 2. The number of nitrogens with two attached hydrogens (primary N) is 1. The Hall–Kier alpha value is -1.47. The van der Waals surface area contributed by atoms with Crippen LogP contribution in [0.5, 0.6) is 0 Å². The molecule has 0 aromatic carbocycles. The number of rotatable bonds is 6. The van der Waals surface area contributed by atoms with Crippen molar-refractivity contribution < 1.29 is 14.3 Å². The van der Waals surface area contributed by atoms with E-state index in [4.69, 9.17) is 5.73 Å². The summed E-state index contributed by atoms with van der Waals surface area (Å²) in [4.78, 5) is 26.7. The number of hydrogen-bond donors (Lipinski definition) is 2. The van der Waals surface area contributed by atoms with Crippen molar-refractivity contribution in [3.8, 4) is 0 Å². The Labute approximate surface area is 113 Å². The molecule has 7 heteroatoms. The summed E-state index contributed by atoms with van der Waals surface area (Å²) in [6.45, 7) is -0.113. The van der Waals surface area contributed by atoms with Crippen LogP contribution in [0.3, 0.4) is 0 Å². The van der Waals surface area contributed by atoms with E-state index in [9.17, 15) is 9.59 Å². The van der Waals surface area contributed by atoms with Crippen molar-refractivity contribution in [3.63, 3.8) is 0 Å². The number of halogens is 1. The van der Waals surface area contributed by atoms with Crippen LogP contribution in [-0.2, 0) is 20.7 Å². The van der Waals surface area contributed by atoms with Gasteiger partial charge in [0.05, 0.1) is 0 Å². The van der Waals surface area contributed by atoms with Crippen molar-refractivity contribution in [1.82, 2.24) is 10.3 Å². The largest absolute Gasteiger partial charge is 0.375 e. The van der Waals surface area contributed by atoms with Crippen molar-refractivity contribution in [2.24, 2.45) is 5.73 Å². The van der Waals surface area contributed by atoms with Gasteiger partial charge in [0.2, 0.25) is 11.8 Å². The number of nitrogens with zero attached hydrogens (tertiary/aromatic N) is 1. The van der Waals surface area contributed by atoms with Crippen LogP contribution in [0.1, 0.15) is 5.56 Å². The van der Waals surface area contributed by atoms with Gasteiger partial charge in [-0.1, -0.05) is 6.07 Å². The first-order valence-electron chi connectivity index (χ1n) is 5.21. The normalized spacial score (nSPS) is 11.9. The maximum absolute atomic E-state index is 11.4. The Kier molecular flexibility index (Phi) is 5.73. The predicted octanol–water partition coefficient (Wildman–Crippen LogP) is 0.00310. The lowest BCUT2D eigenvalue weighted by Crippen LogP contribution is -2.47. The molecule has 0 saturated carbocycles. The van der Waals surface area contributed by atoms with Gasteiger partial charge in [0.25, 0.3) is 0 Å². The topological polar surface area (TPSA) is 94.3 Å². The Morgan fingerprint density at radius 3 is 2.89 bits per heavy atom. The lowest BCUT2D eigenvalue weighted by Gasteiger charge is -2.15. The van der Waals surface area contributed by atoms with Gasteiger partial charge in [0.15, 0.2) is 0 Å². The molecule has 6 nitrogen and oxygen atoms in total. The molecule has 1 heterocycles. The first kappa shape index (κ1) is 14.6. The van der Waals surface area contributed by atoms with Gasteiger partial charge in [-0.15, -0.1) is 0 Å². The second kappa shape index (κ2) is 7.07. The standard InChI is InChI=1S/C11H14BrN3O3/c1-18-6-9(16)15-8(11(13)17)5-7-3-2-4-14-10(7)12/h2-4,8H,5-6H2,1H3,(H2,13,17)(H,15,16)/t8-/m0/s1. The van der Waals surface area contributed by atoms with Crippen LogP contribution in [0.15, 0.2) is 22.9 Å². The fraction of sp³-hybridized carbons (Fsp3) is 0.364. The molecule has 3 N–H and O–H groups in total. The molecule has 18 heavy (non-hydrogen) atoms. The van der Waals surface area contributed by atoms with E-state index in [1.54, 1.807) is 18.3 Å². The molecule has 0 unspecified atom stereocenters. The van der Waals surface area contributed by atoms with Gasteiger partial charge in [-0.2, -0.15) is 0 Å². The zero-order chi connectivity index (χ0) is 13.5. The van der Waals surface area contributed by atoms with Gasteiger partial charge in [0.1, 0.15) is 17.3 Å². The zero-order valence-corrected chi connectivity index (χ0v) is 11.4. The van der Waals surface area contributed by atoms with Gasteiger partial charge in [-0.3, -0.25) is 9.59 Å². The number of amides is 2. The third kappa shape index (κ3) is 4.42. The molecule has 0 saturated heterocycles. The number of methoxy groups -OCH3 is 1. The number of ether oxygens (including phenoxy) is 1. The summed E-state index contributed by atoms with van der Waals surface area (Å²) in [7, 11) is 1.40. The molecule has 0 aliphatic carbocycles. The van der Waals surface area contributed by atoms with Crippen LogP contribution >= 0.6 is 15.9 Å². The molecule has 1 atom stereocenters. The van der Waals surface area contributed by atoms with Crippen molar-refractivity contribution in [1.29, 1.82) is 0 Å². The van der Waals surface area contributed by atoms with E-state index in [2.05, 4.69) is 31.0 Å². The first-order valence-corrected chi connectivity index (χ1v) is 6.01. The van der Waals surface area contributed by atoms with Gasteiger partial charge in [0, 0.05) is 19.7 Å². The quantitative estimate of drug-likeness (QED) is 0.723. The van der Waals surface area contributed by atoms with E-state index < -0.39 is 11.9 Å². The van der Waals surface area contributed by atoms with Crippen molar-refractivity contribution >= 4 is 27.7 Å². The number of aromatic nitrogens is 1. The predicted molar refractivity (Wildman–Crippen MR) is 68.6 cm³/mol. The highest BCUT2D eigenvalue weighted by molar-refractivity contribution is 9.10. The van der Waals surface area contributed by atoms with E-state index >= 15 is 0 Å². The third-order valence-electron chi connectivity index (χ3n) is 2.21. The first-order chi connectivity index (χ1) is 8.54. The highest BCUT2D eigenvalue weighted by Gasteiger charge is 2.19. The van der Waals surface area contributed by atoms with E-state index in [1.807, 2.05) is 0 Å². The second-order valence-electron chi connectivity index (χ2n) is 3.61. The lowest BCUT2D eigenvalue weighted by atomic mass is 10.1. The Balaban J connectivity index is 2.72. The summed E-state index contributed by atoms with van der Waals surface area (Å²) in [5, 5.41) is 2.51. The molecule has 2 amide bonds. The molecule has 98 valence electrons. The molecular formula is C11H14BrN3O3. The highest BCUT2D eigenvalue weighted by atomic mass is 79.9. The number of hydrogen-bond acceptors (Lipinski definition) is 4. The molecule has 1 aromatic heterocycles. The minimum Gasteiger partial charge on any atom is -0.375 e. The summed E-state index contributed by atoms with van der Waals surface area (Å²) in [6, 6.07) is 2.76. The summed E-state index contributed by atoms with van der Waals surface area (Å²) >= 11 is 3.27. The number of pyridine rings is 1. The molecular weight excluding hydrogens is 302 g/mol. The van der Waals surface area contributed by atoms with Gasteiger partial charge < -0.3 is 15.8 Å². The average Bonchev–Trinajstić information content (AvgIpc) is 2.31. The fourth-order valence-electron chi connectivity index (χ4n) is 1.38. The van der Waals surface area contributed by atoms with E-state index in [1.165, 1.54) is 7.11 Å². The summed E-state index contributed by atoms with van der Waals surface area (Å²) in [6.07, 6.45) is 1.90. The van der Waals surface area contributed by atoms with Crippen LogP contribution in [0, 0.1) is 0 Å². The van der Waals surface area contributed by atoms with Crippen LogP contribution < -0.4 is 11.1 Å². The van der Waals surface area contributed by atoms with Crippen LogP contribution in [0.2, 0.25) is 0 Å². The fourth-order valence-corrected chi connectivity index (χ4v) is 1.79. The highest BCUT2D eigenvalue weighted by Crippen LogP contribution is 2.14. The molecule has 0 aliphatic rings. The second-order valence-corrected chi connectivity index (χ2v) is 4.36. The minimum absolute atomic E-state index is 0.113. The van der Waals surface area contributed by atoms with Gasteiger partial charge in [-0.05, 0) is 27.6 Å². The minimum atomic E-state index is -0.784.